The molecule has 0 aromatic heterocycles. The van der Waals surface area contributed by atoms with Crippen LogP contribution in [0.15, 0.2) is 58.7 Å². The third-order valence-corrected chi connectivity index (χ3v) is 5.36. The largest absolute Gasteiger partial charge is 0.494 e. The predicted molar refractivity (Wildman–Crippen MR) is 114 cm³/mol. The van der Waals surface area contributed by atoms with E-state index in [-0.39, 0.29) is 17.7 Å². The average molecular weight is 422 g/mol. The summed E-state index contributed by atoms with van der Waals surface area (Å²) in [4.78, 5) is 37.0. The highest BCUT2D eigenvalue weighted by Crippen LogP contribution is 2.22. The molecule has 2 aliphatic heterocycles. The monoisotopic (exact) mass is 422 g/mol. The first-order chi connectivity index (χ1) is 14.6. The zero-order valence-electron chi connectivity index (χ0n) is 15.9. The van der Waals surface area contributed by atoms with Crippen LogP contribution in [0.2, 0.25) is 0 Å². The Balaban J connectivity index is 1.23. The first-order valence-corrected chi connectivity index (χ1v) is 10.3. The fraction of sp³-hybridized carbons (Fsp3) is 0.190. The summed E-state index contributed by atoms with van der Waals surface area (Å²) in [6.45, 7) is 0.692. The Kier molecular flexibility index (Phi) is 5.89. The van der Waals surface area contributed by atoms with Crippen molar-refractivity contribution in [3.63, 3.8) is 0 Å². The van der Waals surface area contributed by atoms with Gasteiger partial charge in [0.05, 0.1) is 29.7 Å². The van der Waals surface area contributed by atoms with Crippen molar-refractivity contribution < 1.29 is 19.1 Å². The number of ether oxygens (including phenoxy) is 1. The summed E-state index contributed by atoms with van der Waals surface area (Å²) in [6.07, 6.45) is 2.12. The summed E-state index contributed by atoms with van der Waals surface area (Å²) < 4.78 is 5.69. The molecular weight excluding hydrogens is 404 g/mol. The van der Waals surface area contributed by atoms with E-state index in [1.807, 2.05) is 24.3 Å². The van der Waals surface area contributed by atoms with Gasteiger partial charge in [-0.2, -0.15) is 5.10 Å². The van der Waals surface area contributed by atoms with Crippen molar-refractivity contribution in [2.24, 2.45) is 10.2 Å². The van der Waals surface area contributed by atoms with Crippen molar-refractivity contribution in [2.75, 3.05) is 18.9 Å². The van der Waals surface area contributed by atoms with Gasteiger partial charge in [-0.3, -0.25) is 19.3 Å². The van der Waals surface area contributed by atoms with E-state index in [1.165, 1.54) is 16.7 Å². The molecule has 4 rings (SSSR count). The van der Waals surface area contributed by atoms with Gasteiger partial charge < -0.3 is 10.1 Å². The molecule has 0 bridgehead atoms. The maximum atomic E-state index is 12.3. The third-order valence-electron chi connectivity index (χ3n) is 4.49. The minimum Gasteiger partial charge on any atom is -0.494 e. The van der Waals surface area contributed by atoms with Crippen LogP contribution < -0.4 is 10.1 Å². The van der Waals surface area contributed by atoms with Gasteiger partial charge in [0.2, 0.25) is 5.91 Å². The minimum absolute atomic E-state index is 0.0709. The van der Waals surface area contributed by atoms with Gasteiger partial charge in [0, 0.05) is 6.54 Å². The molecule has 1 fully saturated rings. The molecule has 1 saturated heterocycles. The van der Waals surface area contributed by atoms with Crippen LogP contribution in [0, 0.1) is 0 Å². The number of hydrogen-bond acceptors (Lipinski definition) is 7. The summed E-state index contributed by atoms with van der Waals surface area (Å²) in [5.41, 5.74) is 1.76. The Morgan fingerprint density at radius 3 is 2.37 bits per heavy atom. The molecule has 2 aromatic rings. The molecule has 2 heterocycles. The Morgan fingerprint density at radius 2 is 1.73 bits per heavy atom. The lowest BCUT2D eigenvalue weighted by Gasteiger charge is -2.14. The maximum absolute atomic E-state index is 12.3. The normalized spacial score (nSPS) is 17.1. The topological polar surface area (TPSA) is 100 Å². The highest BCUT2D eigenvalue weighted by molar-refractivity contribution is 8.15. The van der Waals surface area contributed by atoms with Crippen LogP contribution in [-0.4, -0.2) is 52.9 Å². The molecule has 0 aliphatic carbocycles. The number of carbonyl (C=O) groups is 3. The first kappa shape index (κ1) is 19.8. The van der Waals surface area contributed by atoms with Crippen LogP contribution in [0.1, 0.15) is 32.7 Å². The van der Waals surface area contributed by atoms with Crippen LogP contribution in [0.5, 0.6) is 5.75 Å². The van der Waals surface area contributed by atoms with Gasteiger partial charge in [0.15, 0.2) is 5.17 Å². The second-order valence-electron chi connectivity index (χ2n) is 6.57. The molecule has 30 heavy (non-hydrogen) atoms. The van der Waals surface area contributed by atoms with Crippen molar-refractivity contribution in [3.8, 4) is 5.75 Å². The fourth-order valence-electron chi connectivity index (χ4n) is 3.03. The van der Waals surface area contributed by atoms with Gasteiger partial charge in [-0.15, -0.1) is 5.10 Å². The summed E-state index contributed by atoms with van der Waals surface area (Å²) in [5.74, 6) is 0.475. The van der Waals surface area contributed by atoms with Gasteiger partial charge in [-0.25, -0.2) is 0 Å². The van der Waals surface area contributed by atoms with Crippen molar-refractivity contribution in [3.05, 3.63) is 65.2 Å². The molecule has 152 valence electrons. The molecule has 0 spiro atoms. The van der Waals surface area contributed by atoms with Crippen LogP contribution in [-0.2, 0) is 4.79 Å². The fourth-order valence-corrected chi connectivity index (χ4v) is 3.66. The van der Waals surface area contributed by atoms with Gasteiger partial charge >= 0.3 is 0 Å². The van der Waals surface area contributed by atoms with Gasteiger partial charge in [0.1, 0.15) is 5.75 Å². The SMILES string of the molecule is O=C1CSC(=NN=Cc2ccc(OCCCN3C(=O)c4ccccc4C3=O)cc2)N1. The van der Waals surface area contributed by atoms with E-state index in [0.717, 1.165) is 5.56 Å². The highest BCUT2D eigenvalue weighted by atomic mass is 32.2. The van der Waals surface area contributed by atoms with E-state index in [0.29, 0.717) is 47.4 Å². The molecule has 9 heteroatoms. The molecule has 0 unspecified atom stereocenters. The lowest BCUT2D eigenvalue weighted by Crippen LogP contribution is -2.31. The predicted octanol–water partition coefficient (Wildman–Crippen LogP) is 2.30. The molecule has 3 amide bonds. The minimum atomic E-state index is -0.251. The van der Waals surface area contributed by atoms with Crippen LogP contribution in [0.3, 0.4) is 0 Å². The number of nitrogens with zero attached hydrogens (tertiary/aromatic N) is 3. The highest BCUT2D eigenvalue weighted by Gasteiger charge is 2.34. The number of nitrogens with one attached hydrogen (secondary N) is 1. The molecule has 2 aromatic carbocycles. The quantitative estimate of drug-likeness (QED) is 0.319. The molecule has 0 atom stereocenters. The lowest BCUT2D eigenvalue weighted by atomic mass is 10.1. The van der Waals surface area contributed by atoms with Crippen LogP contribution in [0.4, 0.5) is 0 Å². The lowest BCUT2D eigenvalue weighted by molar-refractivity contribution is -0.116. The van der Waals surface area contributed by atoms with Crippen molar-refractivity contribution in [1.29, 1.82) is 0 Å². The van der Waals surface area contributed by atoms with E-state index in [4.69, 9.17) is 4.74 Å². The number of hydrogen-bond donors (Lipinski definition) is 1. The van der Waals surface area contributed by atoms with Crippen molar-refractivity contribution in [1.82, 2.24) is 10.2 Å². The zero-order chi connectivity index (χ0) is 20.9. The molecule has 1 N–H and O–H groups in total. The Hall–Kier alpha value is -3.46. The van der Waals surface area contributed by atoms with Crippen LogP contribution >= 0.6 is 11.8 Å². The summed E-state index contributed by atoms with van der Waals surface area (Å²) in [5, 5.41) is 11.0. The standard InChI is InChI=1S/C21H18N4O4S/c26-18-13-30-21(23-18)24-22-12-14-6-8-15(9-7-14)29-11-3-10-25-19(27)16-4-1-2-5-17(16)20(25)28/h1-2,4-9,12H,3,10-11,13H2,(H,23,24,26). The third kappa shape index (κ3) is 4.41. The Morgan fingerprint density at radius 1 is 1.03 bits per heavy atom. The number of thioether (sulfide) groups is 1. The molecule has 0 saturated carbocycles. The van der Waals surface area contributed by atoms with E-state index >= 15 is 0 Å². The first-order valence-electron chi connectivity index (χ1n) is 9.33. The number of rotatable bonds is 7. The molecule has 0 radical (unpaired) electrons. The second-order valence-corrected chi connectivity index (χ2v) is 7.53. The zero-order valence-corrected chi connectivity index (χ0v) is 16.7. The average Bonchev–Trinajstić information content (AvgIpc) is 3.28. The number of amidine groups is 1. The molecule has 8 nitrogen and oxygen atoms in total. The second kappa shape index (κ2) is 8.91. The molecule has 2 aliphatic rings. The molecular formula is C21H18N4O4S. The maximum Gasteiger partial charge on any atom is 0.261 e. The van der Waals surface area contributed by atoms with Crippen molar-refractivity contribution >= 4 is 40.9 Å². The number of imide groups is 1. The summed E-state index contributed by atoms with van der Waals surface area (Å²) >= 11 is 1.32. The number of fused-ring (bicyclic) bond motifs is 1. The van der Waals surface area contributed by atoms with E-state index in [9.17, 15) is 14.4 Å². The Bertz CT molecular complexity index is 1010. The van der Waals surface area contributed by atoms with Crippen LogP contribution in [0.25, 0.3) is 0 Å². The van der Waals surface area contributed by atoms with E-state index < -0.39 is 0 Å². The Labute approximate surface area is 177 Å². The number of carbonyl (C=O) groups excluding carboxylic acids is 3. The van der Waals surface area contributed by atoms with E-state index in [1.54, 1.807) is 30.5 Å². The smallest absolute Gasteiger partial charge is 0.261 e. The number of benzene rings is 2. The van der Waals surface area contributed by atoms with Gasteiger partial charge in [-0.1, -0.05) is 23.9 Å². The van der Waals surface area contributed by atoms with Crippen molar-refractivity contribution in [2.45, 2.75) is 6.42 Å². The van der Waals surface area contributed by atoms with Gasteiger partial charge in [0.25, 0.3) is 11.8 Å². The van der Waals surface area contributed by atoms with Gasteiger partial charge in [-0.05, 0) is 48.4 Å². The number of amides is 3. The summed E-state index contributed by atoms with van der Waals surface area (Å²) in [7, 11) is 0. The van der Waals surface area contributed by atoms with E-state index in [2.05, 4.69) is 15.5 Å². The summed E-state index contributed by atoms with van der Waals surface area (Å²) in [6, 6.07) is 14.1.